The highest BCUT2D eigenvalue weighted by molar-refractivity contribution is 6.31. The highest BCUT2D eigenvalue weighted by Crippen LogP contribution is 2.28. The molecule has 5 heteroatoms. The van der Waals surface area contributed by atoms with Gasteiger partial charge in [0.15, 0.2) is 0 Å². The average molecular weight is 285 g/mol. The van der Waals surface area contributed by atoms with Gasteiger partial charge >= 0.3 is 0 Å². The van der Waals surface area contributed by atoms with Gasteiger partial charge in [-0.3, -0.25) is 10.1 Å². The molecule has 0 aliphatic rings. The van der Waals surface area contributed by atoms with Crippen molar-refractivity contribution < 1.29 is 4.92 Å². The van der Waals surface area contributed by atoms with E-state index < -0.39 is 4.92 Å². The van der Waals surface area contributed by atoms with Gasteiger partial charge in [-0.1, -0.05) is 31.5 Å². The second-order valence-electron chi connectivity index (χ2n) is 5.22. The number of nitrogens with zero attached hydrogens (tertiary/aromatic N) is 1. The van der Waals surface area contributed by atoms with E-state index >= 15 is 0 Å². The number of non-ortho nitro benzene ring substituents is 1. The third-order valence-corrected chi connectivity index (χ3v) is 4.01. The lowest BCUT2D eigenvalue weighted by Crippen LogP contribution is -2.35. The third-order valence-electron chi connectivity index (χ3n) is 3.66. The number of halogens is 1. The maximum atomic E-state index is 10.7. The minimum Gasteiger partial charge on any atom is -0.317 e. The van der Waals surface area contributed by atoms with Crippen molar-refractivity contribution in [2.75, 3.05) is 7.05 Å². The van der Waals surface area contributed by atoms with Crippen LogP contribution in [0.2, 0.25) is 5.02 Å². The Labute approximate surface area is 119 Å². The lowest BCUT2D eigenvalue weighted by atomic mass is 9.84. The van der Waals surface area contributed by atoms with Crippen molar-refractivity contribution in [2.24, 2.45) is 11.8 Å². The number of nitro groups is 1. The molecule has 0 heterocycles. The Morgan fingerprint density at radius 3 is 2.42 bits per heavy atom. The minimum atomic E-state index is -0.425. The highest BCUT2D eigenvalue weighted by Gasteiger charge is 2.21. The summed E-state index contributed by atoms with van der Waals surface area (Å²) >= 11 is 6.15. The summed E-state index contributed by atoms with van der Waals surface area (Å²) < 4.78 is 0. The van der Waals surface area contributed by atoms with Crippen LogP contribution < -0.4 is 5.32 Å². The van der Waals surface area contributed by atoms with Crippen LogP contribution in [0.1, 0.15) is 26.3 Å². The van der Waals surface area contributed by atoms with E-state index in [9.17, 15) is 10.1 Å². The van der Waals surface area contributed by atoms with Crippen LogP contribution in [0.3, 0.4) is 0 Å². The third kappa shape index (κ3) is 4.18. The van der Waals surface area contributed by atoms with Crippen molar-refractivity contribution in [3.05, 3.63) is 38.9 Å². The molecule has 1 aromatic rings. The number of nitro benzene ring substituents is 1. The first-order valence-corrected chi connectivity index (χ1v) is 6.84. The molecule has 1 aromatic carbocycles. The van der Waals surface area contributed by atoms with Crippen molar-refractivity contribution >= 4 is 17.3 Å². The van der Waals surface area contributed by atoms with Gasteiger partial charge in [0.05, 0.1) is 9.95 Å². The second-order valence-corrected chi connectivity index (χ2v) is 5.63. The maximum absolute atomic E-state index is 10.7. The van der Waals surface area contributed by atoms with Crippen molar-refractivity contribution in [1.82, 2.24) is 5.32 Å². The normalized spacial score (nSPS) is 14.4. The monoisotopic (exact) mass is 284 g/mol. The standard InChI is InChI=1S/C14H21ClN2O2/c1-9(2)13(10(3)16-4)7-11-5-6-12(17(18)19)8-14(11)15/h5-6,8-10,13,16H,7H2,1-4H3. The largest absolute Gasteiger partial charge is 0.317 e. The van der Waals surface area contributed by atoms with Gasteiger partial charge in [0.1, 0.15) is 0 Å². The van der Waals surface area contributed by atoms with Crippen LogP contribution in [0.25, 0.3) is 0 Å². The van der Waals surface area contributed by atoms with Crippen LogP contribution in [-0.2, 0) is 6.42 Å². The fourth-order valence-electron chi connectivity index (χ4n) is 2.27. The van der Waals surface area contributed by atoms with Gasteiger partial charge in [0.25, 0.3) is 5.69 Å². The predicted molar refractivity (Wildman–Crippen MR) is 78.7 cm³/mol. The van der Waals surface area contributed by atoms with Crippen molar-refractivity contribution in [3.8, 4) is 0 Å². The first-order chi connectivity index (χ1) is 8.86. The van der Waals surface area contributed by atoms with Gasteiger partial charge in [-0.05, 0) is 37.8 Å². The Bertz CT molecular complexity index is 449. The summed E-state index contributed by atoms with van der Waals surface area (Å²) in [5.74, 6) is 0.942. The summed E-state index contributed by atoms with van der Waals surface area (Å²) in [4.78, 5) is 10.3. The summed E-state index contributed by atoms with van der Waals surface area (Å²) in [5.41, 5.74) is 1.00. The van der Waals surface area contributed by atoms with Gasteiger partial charge in [-0.15, -0.1) is 0 Å². The van der Waals surface area contributed by atoms with E-state index in [0.29, 0.717) is 22.9 Å². The molecule has 0 fully saturated rings. The smallest absolute Gasteiger partial charge is 0.270 e. The lowest BCUT2D eigenvalue weighted by molar-refractivity contribution is -0.384. The molecular formula is C14H21ClN2O2. The molecule has 1 rings (SSSR count). The van der Waals surface area contributed by atoms with Crippen LogP contribution in [0.5, 0.6) is 0 Å². The van der Waals surface area contributed by atoms with E-state index in [1.54, 1.807) is 6.07 Å². The van der Waals surface area contributed by atoms with Crippen LogP contribution in [0.15, 0.2) is 18.2 Å². The summed E-state index contributed by atoms with van der Waals surface area (Å²) in [6, 6.07) is 5.07. The van der Waals surface area contributed by atoms with E-state index in [2.05, 4.69) is 26.1 Å². The summed E-state index contributed by atoms with van der Waals surface area (Å²) in [6.07, 6.45) is 0.816. The first kappa shape index (κ1) is 15.9. The van der Waals surface area contributed by atoms with Crippen LogP contribution in [-0.4, -0.2) is 18.0 Å². The molecule has 0 bridgehead atoms. The Morgan fingerprint density at radius 1 is 1.37 bits per heavy atom. The van der Waals surface area contributed by atoms with Crippen molar-refractivity contribution in [3.63, 3.8) is 0 Å². The number of hydrogen-bond donors (Lipinski definition) is 1. The van der Waals surface area contributed by atoms with E-state index in [-0.39, 0.29) is 5.69 Å². The maximum Gasteiger partial charge on any atom is 0.270 e. The van der Waals surface area contributed by atoms with E-state index in [1.807, 2.05) is 7.05 Å². The van der Waals surface area contributed by atoms with Gasteiger partial charge in [0.2, 0.25) is 0 Å². The molecule has 0 aromatic heterocycles. The molecule has 0 aliphatic heterocycles. The fraction of sp³-hybridized carbons (Fsp3) is 0.571. The Balaban J connectivity index is 2.94. The fourth-order valence-corrected chi connectivity index (χ4v) is 2.53. The molecule has 0 saturated carbocycles. The van der Waals surface area contributed by atoms with Gasteiger partial charge in [0, 0.05) is 18.2 Å². The average Bonchev–Trinajstić information content (AvgIpc) is 2.35. The van der Waals surface area contributed by atoms with Crippen molar-refractivity contribution in [2.45, 2.75) is 33.2 Å². The molecule has 0 radical (unpaired) electrons. The zero-order valence-corrected chi connectivity index (χ0v) is 12.6. The molecule has 0 aliphatic carbocycles. The quantitative estimate of drug-likeness (QED) is 0.640. The number of rotatable bonds is 6. The SMILES string of the molecule is CNC(C)C(Cc1ccc([N+](=O)[O-])cc1Cl)C(C)C. The molecule has 0 saturated heterocycles. The molecule has 0 amide bonds. The molecule has 1 N–H and O–H groups in total. The first-order valence-electron chi connectivity index (χ1n) is 6.46. The molecule has 0 spiro atoms. The number of nitrogens with one attached hydrogen (secondary N) is 1. The highest BCUT2D eigenvalue weighted by atomic mass is 35.5. The Hall–Kier alpha value is -1.13. The topological polar surface area (TPSA) is 55.2 Å². The van der Waals surface area contributed by atoms with E-state index in [1.165, 1.54) is 12.1 Å². The zero-order valence-electron chi connectivity index (χ0n) is 11.8. The van der Waals surface area contributed by atoms with Crippen LogP contribution in [0.4, 0.5) is 5.69 Å². The molecule has 2 unspecified atom stereocenters. The Morgan fingerprint density at radius 2 is 2.00 bits per heavy atom. The second kappa shape index (κ2) is 6.87. The van der Waals surface area contributed by atoms with E-state index in [0.717, 1.165) is 12.0 Å². The minimum absolute atomic E-state index is 0.0384. The number of benzene rings is 1. The molecule has 19 heavy (non-hydrogen) atoms. The predicted octanol–water partition coefficient (Wildman–Crippen LogP) is 3.67. The van der Waals surface area contributed by atoms with Crippen molar-refractivity contribution in [1.29, 1.82) is 0 Å². The van der Waals surface area contributed by atoms with E-state index in [4.69, 9.17) is 11.6 Å². The molecule has 2 atom stereocenters. The summed E-state index contributed by atoms with van der Waals surface area (Å²) in [6.45, 7) is 6.50. The van der Waals surface area contributed by atoms with Crippen LogP contribution in [0, 0.1) is 22.0 Å². The van der Waals surface area contributed by atoms with Gasteiger partial charge in [-0.2, -0.15) is 0 Å². The number of hydrogen-bond acceptors (Lipinski definition) is 3. The summed E-state index contributed by atoms with van der Waals surface area (Å²) in [7, 11) is 1.94. The lowest BCUT2D eigenvalue weighted by Gasteiger charge is -2.27. The van der Waals surface area contributed by atoms with Crippen LogP contribution >= 0.6 is 11.6 Å². The Kier molecular flexibility index (Phi) is 5.76. The molecule has 106 valence electrons. The summed E-state index contributed by atoms with van der Waals surface area (Å²) in [5, 5.41) is 14.4. The molecular weight excluding hydrogens is 264 g/mol. The van der Waals surface area contributed by atoms with Gasteiger partial charge < -0.3 is 5.32 Å². The van der Waals surface area contributed by atoms with Gasteiger partial charge in [-0.25, -0.2) is 0 Å². The molecule has 4 nitrogen and oxygen atoms in total. The zero-order chi connectivity index (χ0) is 14.6.